The van der Waals surface area contributed by atoms with Crippen molar-refractivity contribution in [2.45, 2.75) is 52.5 Å². The van der Waals surface area contributed by atoms with E-state index in [4.69, 9.17) is 4.74 Å². The number of fused-ring (bicyclic) bond motifs is 1. The minimum atomic E-state index is 0. The molecule has 7 heteroatoms. The van der Waals surface area contributed by atoms with Gasteiger partial charge in [0.25, 0.3) is 0 Å². The Bertz CT molecular complexity index is 639. The summed E-state index contributed by atoms with van der Waals surface area (Å²) in [6.07, 6.45) is 5.44. The molecule has 1 aromatic heterocycles. The average Bonchev–Trinajstić information content (AvgIpc) is 3.21. The molecule has 1 saturated heterocycles. The van der Waals surface area contributed by atoms with Crippen LogP contribution in [-0.4, -0.2) is 44.5 Å². The van der Waals surface area contributed by atoms with E-state index in [2.05, 4.69) is 35.5 Å². The van der Waals surface area contributed by atoms with Crippen molar-refractivity contribution in [3.63, 3.8) is 0 Å². The Balaban J connectivity index is 0.00000261. The highest BCUT2D eigenvalue weighted by Gasteiger charge is 2.34. The lowest BCUT2D eigenvalue weighted by molar-refractivity contribution is 0.127. The highest BCUT2D eigenvalue weighted by molar-refractivity contribution is 14.0. The van der Waals surface area contributed by atoms with Gasteiger partial charge in [-0.15, -0.1) is 35.3 Å². The van der Waals surface area contributed by atoms with Gasteiger partial charge >= 0.3 is 0 Å². The van der Waals surface area contributed by atoms with Gasteiger partial charge in [0.1, 0.15) is 0 Å². The van der Waals surface area contributed by atoms with E-state index < -0.39 is 0 Å². The van der Waals surface area contributed by atoms with Gasteiger partial charge in [0.05, 0.1) is 13.2 Å². The van der Waals surface area contributed by atoms with Gasteiger partial charge in [0, 0.05) is 42.0 Å². The van der Waals surface area contributed by atoms with Crippen LogP contribution in [0.3, 0.4) is 0 Å². The second-order valence-electron chi connectivity index (χ2n) is 8.56. The molecule has 0 saturated carbocycles. The predicted molar refractivity (Wildman–Crippen MR) is 123 cm³/mol. The predicted octanol–water partition coefficient (Wildman–Crippen LogP) is 3.34. The van der Waals surface area contributed by atoms with E-state index in [1.54, 1.807) is 11.9 Å². The number of halogens is 1. The fourth-order valence-corrected chi connectivity index (χ4v) is 5.13. The Kier molecular flexibility index (Phi) is 8.39. The van der Waals surface area contributed by atoms with Crippen LogP contribution < -0.4 is 10.6 Å². The third-order valence-corrected chi connectivity index (χ3v) is 6.99. The van der Waals surface area contributed by atoms with Crippen molar-refractivity contribution in [2.75, 3.05) is 33.4 Å². The molecule has 1 aliphatic carbocycles. The molecule has 0 amide bonds. The smallest absolute Gasteiger partial charge is 0.191 e. The van der Waals surface area contributed by atoms with Gasteiger partial charge in [-0.3, -0.25) is 4.99 Å². The first-order valence-electron chi connectivity index (χ1n) is 9.69. The maximum atomic E-state index is 9.36. The van der Waals surface area contributed by atoms with E-state index in [1.807, 2.05) is 11.3 Å². The molecule has 1 atom stereocenters. The number of aliphatic imine (C=N–C) groups is 1. The molecule has 1 unspecified atom stereocenters. The molecule has 0 bridgehead atoms. The Morgan fingerprint density at radius 1 is 1.33 bits per heavy atom. The van der Waals surface area contributed by atoms with Gasteiger partial charge < -0.3 is 20.5 Å². The Morgan fingerprint density at radius 2 is 2.15 bits per heavy atom. The minimum absolute atomic E-state index is 0. The molecule has 0 aromatic carbocycles. The standard InChI is InChI=1S/C20H33N3O2S.HI/c1-19(2)5-4-17-15(11-19)10-16(26-17)12-22-18(21-3)23-13-20(6-8-24)7-9-25-14-20;/h10,24H,4-9,11-14H2,1-3H3,(H2,21,22,23);1H. The Morgan fingerprint density at radius 3 is 2.81 bits per heavy atom. The fourth-order valence-electron chi connectivity index (χ4n) is 4.01. The number of ether oxygens (including phenoxy) is 1. The maximum absolute atomic E-state index is 9.36. The van der Waals surface area contributed by atoms with Gasteiger partial charge in [-0.05, 0) is 49.1 Å². The summed E-state index contributed by atoms with van der Waals surface area (Å²) in [5, 5.41) is 16.2. The number of hydrogen-bond acceptors (Lipinski definition) is 4. The van der Waals surface area contributed by atoms with E-state index in [-0.39, 0.29) is 36.0 Å². The first-order valence-corrected chi connectivity index (χ1v) is 10.5. The number of hydrogen-bond donors (Lipinski definition) is 3. The summed E-state index contributed by atoms with van der Waals surface area (Å²) in [7, 11) is 1.81. The minimum Gasteiger partial charge on any atom is -0.396 e. The van der Waals surface area contributed by atoms with Crippen LogP contribution in [0.2, 0.25) is 0 Å². The van der Waals surface area contributed by atoms with Crippen LogP contribution in [0, 0.1) is 10.8 Å². The van der Waals surface area contributed by atoms with E-state index in [9.17, 15) is 5.11 Å². The molecule has 5 nitrogen and oxygen atoms in total. The third-order valence-electron chi connectivity index (χ3n) is 5.76. The number of thiophene rings is 1. The van der Waals surface area contributed by atoms with E-state index in [0.717, 1.165) is 38.5 Å². The summed E-state index contributed by atoms with van der Waals surface area (Å²) in [5.74, 6) is 0.820. The van der Waals surface area contributed by atoms with Crippen LogP contribution in [0.4, 0.5) is 0 Å². The number of aliphatic hydroxyl groups excluding tert-OH is 1. The number of nitrogens with one attached hydrogen (secondary N) is 2. The summed E-state index contributed by atoms with van der Waals surface area (Å²) < 4.78 is 5.56. The third kappa shape index (κ3) is 6.05. The molecule has 2 aliphatic rings. The molecule has 0 spiro atoms. The number of rotatable bonds is 6. The van der Waals surface area contributed by atoms with Crippen molar-refractivity contribution in [2.24, 2.45) is 15.8 Å². The van der Waals surface area contributed by atoms with E-state index >= 15 is 0 Å². The number of nitrogens with zero attached hydrogens (tertiary/aromatic N) is 1. The molecule has 3 rings (SSSR count). The highest BCUT2D eigenvalue weighted by Crippen LogP contribution is 2.38. The number of aryl methyl sites for hydroxylation is 1. The summed E-state index contributed by atoms with van der Waals surface area (Å²) in [4.78, 5) is 7.30. The van der Waals surface area contributed by atoms with Crippen LogP contribution in [0.5, 0.6) is 0 Å². The average molecular weight is 507 g/mol. The van der Waals surface area contributed by atoms with Crippen molar-refractivity contribution >= 4 is 41.3 Å². The van der Waals surface area contributed by atoms with Gasteiger partial charge in [-0.1, -0.05) is 13.8 Å². The van der Waals surface area contributed by atoms with E-state index in [0.29, 0.717) is 12.0 Å². The van der Waals surface area contributed by atoms with Crippen LogP contribution in [-0.2, 0) is 24.1 Å². The van der Waals surface area contributed by atoms with Crippen molar-refractivity contribution in [1.82, 2.24) is 10.6 Å². The SMILES string of the molecule is CN=C(NCc1cc2c(s1)CCC(C)(C)C2)NCC1(CCO)CCOC1.I. The second kappa shape index (κ2) is 9.89. The van der Waals surface area contributed by atoms with Gasteiger partial charge in [0.15, 0.2) is 5.96 Å². The number of guanidine groups is 1. The van der Waals surface area contributed by atoms with E-state index in [1.165, 1.54) is 29.7 Å². The van der Waals surface area contributed by atoms with Gasteiger partial charge in [-0.25, -0.2) is 0 Å². The largest absolute Gasteiger partial charge is 0.396 e. The summed E-state index contributed by atoms with van der Waals surface area (Å²) in [6, 6.07) is 2.37. The summed E-state index contributed by atoms with van der Waals surface area (Å²) >= 11 is 1.94. The second-order valence-corrected chi connectivity index (χ2v) is 9.78. The molecule has 154 valence electrons. The lowest BCUT2D eigenvalue weighted by atomic mass is 9.77. The van der Waals surface area contributed by atoms with Gasteiger partial charge in [-0.2, -0.15) is 0 Å². The van der Waals surface area contributed by atoms with Crippen LogP contribution in [0.15, 0.2) is 11.1 Å². The topological polar surface area (TPSA) is 65.9 Å². The summed E-state index contributed by atoms with van der Waals surface area (Å²) in [5.41, 5.74) is 2.00. The zero-order valence-corrected chi connectivity index (χ0v) is 19.9. The Hall–Kier alpha value is -0.380. The molecule has 1 fully saturated rings. The number of aliphatic hydroxyl groups is 1. The van der Waals surface area contributed by atoms with Crippen molar-refractivity contribution < 1.29 is 9.84 Å². The normalized spacial score (nSPS) is 24.2. The maximum Gasteiger partial charge on any atom is 0.191 e. The highest BCUT2D eigenvalue weighted by atomic mass is 127. The Labute approximate surface area is 184 Å². The monoisotopic (exact) mass is 507 g/mol. The molecule has 0 radical (unpaired) electrons. The first-order chi connectivity index (χ1) is 12.5. The molecular weight excluding hydrogens is 473 g/mol. The van der Waals surface area contributed by atoms with Crippen LogP contribution >= 0.6 is 35.3 Å². The zero-order valence-electron chi connectivity index (χ0n) is 16.8. The van der Waals surface area contributed by atoms with Crippen molar-refractivity contribution in [3.05, 3.63) is 21.4 Å². The molecule has 1 aliphatic heterocycles. The zero-order chi connectivity index (χ0) is 18.6. The van der Waals surface area contributed by atoms with Gasteiger partial charge in [0.2, 0.25) is 0 Å². The van der Waals surface area contributed by atoms with Crippen molar-refractivity contribution in [1.29, 1.82) is 0 Å². The van der Waals surface area contributed by atoms with Crippen LogP contribution in [0.1, 0.15) is 48.4 Å². The molecule has 3 N–H and O–H groups in total. The quantitative estimate of drug-likeness (QED) is 0.314. The molecule has 2 heterocycles. The lowest BCUT2D eigenvalue weighted by Gasteiger charge is -2.29. The molecule has 1 aromatic rings. The van der Waals surface area contributed by atoms with Crippen LogP contribution in [0.25, 0.3) is 0 Å². The fraction of sp³-hybridized carbons (Fsp3) is 0.750. The first kappa shape index (κ1) is 22.9. The lowest BCUT2D eigenvalue weighted by Crippen LogP contribution is -2.44. The molecule has 27 heavy (non-hydrogen) atoms. The van der Waals surface area contributed by atoms with Crippen molar-refractivity contribution in [3.8, 4) is 0 Å². The molecular formula is C20H34IN3O2S. The summed E-state index contributed by atoms with van der Waals surface area (Å²) in [6.45, 7) is 8.02.